The third-order valence-electron chi connectivity index (χ3n) is 4.05. The van der Waals surface area contributed by atoms with Crippen molar-refractivity contribution < 1.29 is 37.5 Å². The van der Waals surface area contributed by atoms with E-state index in [0.717, 1.165) is 29.7 Å². The van der Waals surface area contributed by atoms with E-state index in [2.05, 4.69) is 11.2 Å². The van der Waals surface area contributed by atoms with E-state index in [0.29, 0.717) is 17.0 Å². The van der Waals surface area contributed by atoms with Crippen molar-refractivity contribution in [2.45, 2.75) is 32.6 Å². The number of aromatic amines is 1. The van der Waals surface area contributed by atoms with Gasteiger partial charge in [0.1, 0.15) is 5.56 Å². The number of rotatable bonds is 3. The van der Waals surface area contributed by atoms with Gasteiger partial charge in [-0.25, -0.2) is 0 Å². The molecule has 3 rings (SSSR count). The predicted molar refractivity (Wildman–Crippen MR) is 76.2 cm³/mol. The Hall–Kier alpha value is -0.996. The molecule has 107 valence electrons. The summed E-state index contributed by atoms with van der Waals surface area (Å²) in [6, 6.07) is 6.56. The largest absolute Gasteiger partial charge is 0.299 e. The molecular formula is C16H17N2O2Y-. The number of hydrogen-bond acceptors (Lipinski definition) is 2. The van der Waals surface area contributed by atoms with Gasteiger partial charge in [-0.05, 0) is 12.8 Å². The van der Waals surface area contributed by atoms with Crippen LogP contribution in [0.25, 0.3) is 0 Å². The van der Waals surface area contributed by atoms with Gasteiger partial charge in [0.05, 0.1) is 5.69 Å². The van der Waals surface area contributed by atoms with Crippen molar-refractivity contribution in [2.24, 2.45) is 7.05 Å². The topological polar surface area (TPSA) is 54.9 Å². The summed E-state index contributed by atoms with van der Waals surface area (Å²) in [5.41, 5.74) is 3.30. The molecule has 0 unspecified atom stereocenters. The van der Waals surface area contributed by atoms with Gasteiger partial charge in [-0.15, -0.1) is 5.56 Å². The second kappa shape index (κ2) is 6.01. The molecule has 1 aromatic heterocycles. The molecule has 1 aliphatic carbocycles. The summed E-state index contributed by atoms with van der Waals surface area (Å²) >= 11 is 0. The van der Waals surface area contributed by atoms with E-state index in [9.17, 15) is 9.59 Å². The van der Waals surface area contributed by atoms with Gasteiger partial charge < -0.3 is 0 Å². The van der Waals surface area contributed by atoms with Crippen LogP contribution in [0.5, 0.6) is 0 Å². The van der Waals surface area contributed by atoms with Crippen LogP contribution in [0.3, 0.4) is 0 Å². The molecule has 1 aromatic carbocycles. The first-order chi connectivity index (χ1) is 9.50. The summed E-state index contributed by atoms with van der Waals surface area (Å²) in [5, 5.41) is 3.04. The van der Waals surface area contributed by atoms with E-state index >= 15 is 0 Å². The van der Waals surface area contributed by atoms with Gasteiger partial charge in [0.25, 0.3) is 5.56 Å². The molecule has 1 fully saturated rings. The summed E-state index contributed by atoms with van der Waals surface area (Å²) in [5.74, 6) is 0.155. The Morgan fingerprint density at radius 3 is 2.67 bits per heavy atom. The zero-order valence-corrected chi connectivity index (χ0v) is 15.3. The standard InChI is InChI=1S/C16H17N2O2.Y/c1-9-5-4-6-12(10(9)2)15(19)13-14(11-7-8-11)17-18(3)16(13)20;/h4,6,11,17H,7-8H2,1-3H3;/q-1;. The van der Waals surface area contributed by atoms with E-state index in [1.807, 2.05) is 13.8 Å². The third-order valence-corrected chi connectivity index (χ3v) is 4.05. The molecule has 0 amide bonds. The molecule has 5 heteroatoms. The number of carbonyl (C=O) groups is 1. The van der Waals surface area contributed by atoms with Gasteiger partial charge in [0, 0.05) is 45.7 Å². The number of nitrogens with one attached hydrogen (secondary N) is 1. The van der Waals surface area contributed by atoms with Crippen molar-refractivity contribution >= 4 is 5.78 Å². The van der Waals surface area contributed by atoms with Crippen LogP contribution in [0.2, 0.25) is 0 Å². The molecule has 1 saturated carbocycles. The van der Waals surface area contributed by atoms with Crippen LogP contribution >= 0.6 is 0 Å². The Morgan fingerprint density at radius 2 is 2.05 bits per heavy atom. The SMILES string of the molecule is Cc1[c-]ccc(C(=O)c2c(C3CC3)[nH]n(C)c2=O)c1C.[Y]. The third kappa shape index (κ3) is 2.84. The minimum absolute atomic E-state index is 0. The van der Waals surface area contributed by atoms with Crippen molar-refractivity contribution in [3.63, 3.8) is 0 Å². The maximum Gasteiger partial charge on any atom is 0.277 e. The summed E-state index contributed by atoms with van der Waals surface area (Å²) in [7, 11) is 1.65. The summed E-state index contributed by atoms with van der Waals surface area (Å²) < 4.78 is 1.40. The Balaban J connectivity index is 0.00000161. The quantitative estimate of drug-likeness (QED) is 0.676. The van der Waals surface area contributed by atoms with Crippen molar-refractivity contribution in [1.82, 2.24) is 9.78 Å². The van der Waals surface area contributed by atoms with Crippen LogP contribution in [0.4, 0.5) is 0 Å². The first kappa shape index (κ1) is 16.4. The number of carbonyl (C=O) groups excluding carboxylic acids is 1. The normalized spacial score (nSPS) is 13.9. The molecule has 1 aliphatic rings. The molecule has 4 nitrogen and oxygen atoms in total. The zero-order chi connectivity index (χ0) is 14.4. The van der Waals surface area contributed by atoms with Crippen LogP contribution in [0.15, 0.2) is 16.9 Å². The average molecular weight is 358 g/mol. The molecule has 0 saturated heterocycles. The smallest absolute Gasteiger partial charge is 0.277 e. The number of benzene rings is 1. The minimum atomic E-state index is -0.234. The first-order valence-electron chi connectivity index (χ1n) is 6.82. The fourth-order valence-electron chi connectivity index (χ4n) is 2.52. The number of aromatic nitrogens is 2. The van der Waals surface area contributed by atoms with E-state index in [1.165, 1.54) is 4.68 Å². The Kier molecular flexibility index (Phi) is 4.69. The molecule has 0 bridgehead atoms. The van der Waals surface area contributed by atoms with Gasteiger partial charge in [0.2, 0.25) is 0 Å². The van der Waals surface area contributed by atoms with Crippen molar-refractivity contribution in [3.05, 3.63) is 56.5 Å². The number of nitrogens with zero attached hydrogens (tertiary/aromatic N) is 1. The van der Waals surface area contributed by atoms with Crippen LogP contribution in [-0.2, 0) is 39.8 Å². The second-order valence-corrected chi connectivity index (χ2v) is 5.51. The summed E-state index contributed by atoms with van der Waals surface area (Å²) in [6.45, 7) is 3.82. The molecule has 1 N–H and O–H groups in total. The molecule has 1 heterocycles. The van der Waals surface area contributed by atoms with Gasteiger partial charge >= 0.3 is 0 Å². The second-order valence-electron chi connectivity index (χ2n) is 5.51. The van der Waals surface area contributed by atoms with Gasteiger partial charge in [0.15, 0.2) is 5.78 Å². The van der Waals surface area contributed by atoms with Gasteiger partial charge in [-0.3, -0.25) is 19.4 Å². The van der Waals surface area contributed by atoms with Crippen LogP contribution in [-0.4, -0.2) is 15.6 Å². The Morgan fingerprint density at radius 1 is 1.38 bits per heavy atom. The van der Waals surface area contributed by atoms with Crippen LogP contribution in [0, 0.1) is 19.9 Å². The predicted octanol–water partition coefficient (Wildman–Crippen LogP) is 2.24. The van der Waals surface area contributed by atoms with Crippen molar-refractivity contribution in [3.8, 4) is 0 Å². The molecule has 0 aliphatic heterocycles. The van der Waals surface area contributed by atoms with E-state index in [4.69, 9.17) is 0 Å². The fourth-order valence-corrected chi connectivity index (χ4v) is 2.52. The van der Waals surface area contributed by atoms with Gasteiger partial charge in [-0.1, -0.05) is 19.4 Å². The maximum absolute atomic E-state index is 12.8. The zero-order valence-electron chi connectivity index (χ0n) is 12.5. The monoisotopic (exact) mass is 358 g/mol. The molecule has 0 atom stereocenters. The summed E-state index contributed by atoms with van der Waals surface area (Å²) in [6.07, 6.45) is 2.08. The molecule has 2 aromatic rings. The molecule has 1 radical (unpaired) electrons. The molecule has 21 heavy (non-hydrogen) atoms. The van der Waals surface area contributed by atoms with Crippen molar-refractivity contribution in [2.75, 3.05) is 0 Å². The number of ketones is 1. The number of H-pyrrole nitrogens is 1. The maximum atomic E-state index is 12.8. The van der Waals surface area contributed by atoms with Crippen LogP contribution in [0.1, 0.15) is 51.5 Å². The molecular weight excluding hydrogens is 341 g/mol. The Bertz CT molecular complexity index is 754. The number of hydrogen-bond donors (Lipinski definition) is 1. The fraction of sp³-hybridized carbons (Fsp3) is 0.375. The van der Waals surface area contributed by atoms with Crippen LogP contribution < -0.4 is 5.56 Å². The Labute approximate surface area is 148 Å². The molecule has 0 spiro atoms. The van der Waals surface area contributed by atoms with Gasteiger partial charge in [-0.2, -0.15) is 23.8 Å². The minimum Gasteiger partial charge on any atom is -0.299 e. The first-order valence-corrected chi connectivity index (χ1v) is 6.82. The van der Waals surface area contributed by atoms with Crippen molar-refractivity contribution in [1.29, 1.82) is 0 Å². The van der Waals surface area contributed by atoms with E-state index in [1.54, 1.807) is 19.2 Å². The summed E-state index contributed by atoms with van der Waals surface area (Å²) in [4.78, 5) is 25.0. The van der Waals surface area contributed by atoms with E-state index in [-0.39, 0.29) is 44.1 Å². The number of aryl methyl sites for hydroxylation is 2. The average Bonchev–Trinajstić information content (AvgIpc) is 3.21. The van der Waals surface area contributed by atoms with E-state index < -0.39 is 0 Å².